The van der Waals surface area contributed by atoms with Gasteiger partial charge in [0.25, 0.3) is 0 Å². The fraction of sp³-hybridized carbons (Fsp3) is 0.474. The summed E-state index contributed by atoms with van der Waals surface area (Å²) < 4.78 is 20.2. The molecule has 0 amide bonds. The smallest absolute Gasteiger partial charge is 0.319 e. The number of hydrogen-bond acceptors (Lipinski definition) is 4. The lowest BCUT2D eigenvalue weighted by Crippen LogP contribution is -2.68. The van der Waals surface area contributed by atoms with Crippen molar-refractivity contribution in [2.45, 2.75) is 76.5 Å². The first kappa shape index (κ1) is 29.0. The zero-order chi connectivity index (χ0) is 29.9. The van der Waals surface area contributed by atoms with E-state index >= 15 is 0 Å². The predicted molar refractivity (Wildman–Crippen MR) is 174 cm³/mol. The first-order valence-electron chi connectivity index (χ1n) is 16.2. The van der Waals surface area contributed by atoms with Crippen LogP contribution < -0.4 is 14.8 Å². The number of aryl methyl sites for hydroxylation is 1. The molecular weight excluding hydrogens is 549 g/mol. The number of rotatable bonds is 5. The Morgan fingerprint density at radius 2 is 1.58 bits per heavy atom. The maximum Gasteiger partial charge on any atom is 0.319 e. The van der Waals surface area contributed by atoms with Crippen molar-refractivity contribution in [1.29, 1.82) is 0 Å². The maximum absolute atomic E-state index is 10.1. The standard InChI is InChI=1S/C38H46O4Si/c1-36(2,3)43(30-11-7-5-8-12-30,31-13-9-6-10-14-31)42-29-16-18-32-27(25-29)15-17-33-34-19-21-38(40-23-24-41-38)37(34,4)26-28(20-22-39)35(32)33/h5-14,16,18,20,25,33-35,39H,15,17,19,21-24,26H2,1-4H3. The SMILES string of the molecule is CC12CC(=CCO)C3c4ccc(O[Si](c5ccccc5)(c5ccccc5)C(C)(C)C)cc4CCC3C1CCC21OCCO1. The normalized spacial score (nSPS) is 28.9. The average molecular weight is 595 g/mol. The molecule has 3 aromatic carbocycles. The molecular formula is C38H46O4Si. The Bertz CT molecular complexity index is 1450. The Kier molecular flexibility index (Phi) is 7.24. The van der Waals surface area contributed by atoms with Crippen LogP contribution in [-0.4, -0.2) is 39.0 Å². The number of aliphatic hydroxyl groups excluding tert-OH is 1. The third-order valence-electron chi connectivity index (χ3n) is 11.4. The van der Waals surface area contributed by atoms with Crippen LogP contribution in [0.4, 0.5) is 0 Å². The highest BCUT2D eigenvalue weighted by Crippen LogP contribution is 2.67. The van der Waals surface area contributed by atoms with Gasteiger partial charge in [0, 0.05) is 17.8 Å². The summed E-state index contributed by atoms with van der Waals surface area (Å²) in [6, 6.07) is 28.7. The van der Waals surface area contributed by atoms with Crippen LogP contribution in [0.3, 0.4) is 0 Å². The van der Waals surface area contributed by atoms with Gasteiger partial charge >= 0.3 is 8.32 Å². The van der Waals surface area contributed by atoms with Gasteiger partial charge in [-0.15, -0.1) is 0 Å². The minimum absolute atomic E-state index is 0.0600. The van der Waals surface area contributed by atoms with Crippen molar-refractivity contribution in [2.24, 2.45) is 17.3 Å². The van der Waals surface area contributed by atoms with Crippen molar-refractivity contribution in [3.63, 3.8) is 0 Å². The highest BCUT2D eigenvalue weighted by molar-refractivity contribution is 7.00. The summed E-state index contributed by atoms with van der Waals surface area (Å²) in [6.07, 6.45) is 7.30. The fourth-order valence-electron chi connectivity index (χ4n) is 9.58. The summed E-state index contributed by atoms with van der Waals surface area (Å²) >= 11 is 0. The van der Waals surface area contributed by atoms with E-state index in [-0.39, 0.29) is 17.1 Å². The van der Waals surface area contributed by atoms with Crippen LogP contribution in [0.25, 0.3) is 0 Å². The molecule has 0 bridgehead atoms. The van der Waals surface area contributed by atoms with Gasteiger partial charge in [0.05, 0.1) is 19.8 Å². The second kappa shape index (κ2) is 10.7. The van der Waals surface area contributed by atoms with Gasteiger partial charge in [-0.25, -0.2) is 0 Å². The molecule has 1 saturated heterocycles. The first-order chi connectivity index (χ1) is 20.7. The first-order valence-corrected chi connectivity index (χ1v) is 18.1. The van der Waals surface area contributed by atoms with E-state index < -0.39 is 14.1 Å². The minimum Gasteiger partial charge on any atom is -0.534 e. The van der Waals surface area contributed by atoms with Crippen LogP contribution in [0.2, 0.25) is 5.04 Å². The van der Waals surface area contributed by atoms with Crippen molar-refractivity contribution in [3.8, 4) is 5.75 Å². The van der Waals surface area contributed by atoms with E-state index in [4.69, 9.17) is 13.9 Å². The molecule has 4 atom stereocenters. The Morgan fingerprint density at radius 3 is 2.19 bits per heavy atom. The zero-order valence-electron chi connectivity index (χ0n) is 26.1. The number of allylic oxidation sites excluding steroid dienone is 1. The molecule has 4 aliphatic rings. The lowest BCUT2D eigenvalue weighted by Gasteiger charge is -2.54. The number of ether oxygens (including phenoxy) is 2. The van der Waals surface area contributed by atoms with E-state index in [0.29, 0.717) is 31.0 Å². The molecule has 7 rings (SSSR count). The lowest BCUT2D eigenvalue weighted by molar-refractivity contribution is -0.232. The molecule has 3 aliphatic carbocycles. The van der Waals surface area contributed by atoms with Crippen LogP contribution in [0.15, 0.2) is 90.5 Å². The number of fused-ring (bicyclic) bond motifs is 6. The van der Waals surface area contributed by atoms with Crippen LogP contribution in [0.5, 0.6) is 5.75 Å². The molecule has 2 saturated carbocycles. The lowest BCUT2D eigenvalue weighted by atomic mass is 9.53. The predicted octanol–water partition coefficient (Wildman–Crippen LogP) is 6.75. The van der Waals surface area contributed by atoms with Gasteiger partial charge in [0.2, 0.25) is 0 Å². The van der Waals surface area contributed by atoms with Crippen LogP contribution in [-0.2, 0) is 15.9 Å². The van der Waals surface area contributed by atoms with E-state index in [1.54, 1.807) is 0 Å². The van der Waals surface area contributed by atoms with Crippen molar-refractivity contribution < 1.29 is 19.0 Å². The third kappa shape index (κ3) is 4.41. The molecule has 1 spiro atoms. The Hall–Kier alpha value is -2.70. The third-order valence-corrected chi connectivity index (χ3v) is 16.3. The Morgan fingerprint density at radius 1 is 0.930 bits per heavy atom. The second-order valence-electron chi connectivity index (χ2n) is 14.5. The van der Waals surface area contributed by atoms with E-state index in [1.165, 1.54) is 27.1 Å². The van der Waals surface area contributed by atoms with Crippen LogP contribution >= 0.6 is 0 Å². The molecule has 0 radical (unpaired) electrons. The van der Waals surface area contributed by atoms with Gasteiger partial charge in [0.1, 0.15) is 5.75 Å². The highest BCUT2D eigenvalue weighted by atomic mass is 28.4. The summed E-state index contributed by atoms with van der Waals surface area (Å²) in [4.78, 5) is 0. The van der Waals surface area contributed by atoms with Gasteiger partial charge < -0.3 is 19.0 Å². The highest BCUT2D eigenvalue weighted by Gasteiger charge is 2.66. The van der Waals surface area contributed by atoms with E-state index in [2.05, 4.69) is 113 Å². The molecule has 0 aromatic heterocycles. The second-order valence-corrected chi connectivity index (χ2v) is 18.7. The van der Waals surface area contributed by atoms with E-state index in [0.717, 1.165) is 37.9 Å². The molecule has 3 aromatic rings. The van der Waals surface area contributed by atoms with Gasteiger partial charge in [-0.2, -0.15) is 0 Å². The van der Waals surface area contributed by atoms with Gasteiger partial charge in [-0.3, -0.25) is 0 Å². The molecule has 1 N–H and O–H groups in total. The van der Waals surface area contributed by atoms with Crippen molar-refractivity contribution in [1.82, 2.24) is 0 Å². The van der Waals surface area contributed by atoms with Gasteiger partial charge in [-0.1, -0.05) is 106 Å². The van der Waals surface area contributed by atoms with Gasteiger partial charge in [0.15, 0.2) is 5.79 Å². The van der Waals surface area contributed by atoms with Crippen LogP contribution in [0, 0.1) is 17.3 Å². The summed E-state index contributed by atoms with van der Waals surface area (Å²) in [5, 5.41) is 12.6. The summed E-state index contributed by atoms with van der Waals surface area (Å²) in [5.74, 6) is 1.90. The zero-order valence-corrected chi connectivity index (χ0v) is 27.1. The molecule has 1 heterocycles. The van der Waals surface area contributed by atoms with E-state index in [9.17, 15) is 5.11 Å². The largest absolute Gasteiger partial charge is 0.534 e. The number of aliphatic hydroxyl groups is 1. The average Bonchev–Trinajstić information content (AvgIpc) is 3.61. The molecule has 3 fully saturated rings. The van der Waals surface area contributed by atoms with E-state index in [1.807, 2.05) is 0 Å². The Labute approximate surface area is 258 Å². The number of benzene rings is 3. The van der Waals surface area contributed by atoms with Gasteiger partial charge in [-0.05, 0) is 76.2 Å². The molecule has 1 aliphatic heterocycles. The van der Waals surface area contributed by atoms with Crippen molar-refractivity contribution >= 4 is 18.7 Å². The summed E-state index contributed by atoms with van der Waals surface area (Å²) in [6.45, 7) is 10.8. The summed E-state index contributed by atoms with van der Waals surface area (Å²) in [5.41, 5.74) is 4.11. The molecule has 5 heteroatoms. The monoisotopic (exact) mass is 594 g/mol. The topological polar surface area (TPSA) is 47.9 Å². The van der Waals surface area contributed by atoms with Crippen molar-refractivity contribution in [2.75, 3.05) is 19.8 Å². The number of hydrogen-bond donors (Lipinski definition) is 1. The molecule has 43 heavy (non-hydrogen) atoms. The molecule has 226 valence electrons. The fourth-order valence-corrected chi connectivity index (χ4v) is 14.0. The quantitative estimate of drug-likeness (QED) is 0.262. The Balaban J connectivity index is 1.28. The molecule has 4 nitrogen and oxygen atoms in total. The molecule has 4 unspecified atom stereocenters. The summed E-state index contributed by atoms with van der Waals surface area (Å²) in [7, 11) is -2.71. The van der Waals surface area contributed by atoms with Crippen LogP contribution in [0.1, 0.15) is 70.4 Å². The maximum atomic E-state index is 10.1. The van der Waals surface area contributed by atoms with Crippen molar-refractivity contribution in [3.05, 3.63) is 102 Å². The minimum atomic E-state index is -2.71.